The fourth-order valence-corrected chi connectivity index (χ4v) is 3.39. The van der Waals surface area contributed by atoms with E-state index in [0.29, 0.717) is 18.2 Å². The molecule has 0 aliphatic rings. The minimum absolute atomic E-state index is 0.265. The Kier molecular flexibility index (Phi) is 6.79. The van der Waals surface area contributed by atoms with Crippen molar-refractivity contribution in [2.24, 2.45) is 0 Å². The topological polar surface area (TPSA) is 121 Å². The summed E-state index contributed by atoms with van der Waals surface area (Å²) in [6.07, 6.45) is 8.43. The Bertz CT molecular complexity index is 1350. The number of amides is 1. The number of anilines is 2. The standard InChI is InChI=1S/C24H26N8O2/c1-25-20-11-19(28-14-29-20)18-13-27-24-17(18)8-16(12-26-24)15-9-21(31-23(10-15)34-4)30-22(33)6-5-7-32(2)3/h5-6,8-14H,7H2,1-4H3,(H,26,27)(H,25,28,29)(H,30,31,33)/b6-5+. The van der Waals surface area contributed by atoms with E-state index >= 15 is 0 Å². The van der Waals surface area contributed by atoms with Crippen LogP contribution in [0.25, 0.3) is 33.4 Å². The number of methoxy groups -OCH3 is 1. The molecule has 0 radical (unpaired) electrons. The molecule has 0 fully saturated rings. The van der Waals surface area contributed by atoms with Gasteiger partial charge in [-0.1, -0.05) is 6.08 Å². The van der Waals surface area contributed by atoms with Crippen LogP contribution >= 0.6 is 0 Å². The molecule has 1 amide bonds. The van der Waals surface area contributed by atoms with Gasteiger partial charge in [0.25, 0.3) is 0 Å². The lowest BCUT2D eigenvalue weighted by molar-refractivity contribution is -0.111. The number of fused-ring (bicyclic) bond motifs is 1. The average Bonchev–Trinajstić information content (AvgIpc) is 3.27. The lowest BCUT2D eigenvalue weighted by Crippen LogP contribution is -2.13. The molecule has 0 saturated heterocycles. The number of ether oxygens (including phenoxy) is 1. The first-order valence-corrected chi connectivity index (χ1v) is 10.6. The number of hydrogen-bond donors (Lipinski definition) is 3. The second-order valence-electron chi connectivity index (χ2n) is 7.80. The lowest BCUT2D eigenvalue weighted by atomic mass is 10.1. The maximum Gasteiger partial charge on any atom is 0.249 e. The summed E-state index contributed by atoms with van der Waals surface area (Å²) in [5.41, 5.74) is 4.07. The highest BCUT2D eigenvalue weighted by Gasteiger charge is 2.13. The molecule has 4 aromatic heterocycles. The number of hydrogen-bond acceptors (Lipinski definition) is 8. The van der Waals surface area contributed by atoms with E-state index < -0.39 is 0 Å². The highest BCUT2D eigenvalue weighted by atomic mass is 16.5. The number of carbonyl (C=O) groups excluding carboxylic acids is 1. The molecule has 10 heteroatoms. The number of rotatable bonds is 8. The van der Waals surface area contributed by atoms with E-state index in [2.05, 4.69) is 35.6 Å². The van der Waals surface area contributed by atoms with Gasteiger partial charge in [0.2, 0.25) is 11.8 Å². The maximum atomic E-state index is 12.3. The first-order valence-electron chi connectivity index (χ1n) is 10.6. The van der Waals surface area contributed by atoms with Crippen molar-refractivity contribution in [1.82, 2.24) is 29.8 Å². The van der Waals surface area contributed by atoms with Gasteiger partial charge in [0.1, 0.15) is 23.6 Å². The number of nitrogens with one attached hydrogen (secondary N) is 3. The second-order valence-corrected chi connectivity index (χ2v) is 7.80. The van der Waals surface area contributed by atoms with Crippen molar-refractivity contribution >= 4 is 28.6 Å². The lowest BCUT2D eigenvalue weighted by Gasteiger charge is -2.09. The number of pyridine rings is 2. The monoisotopic (exact) mass is 458 g/mol. The molecule has 3 N–H and O–H groups in total. The van der Waals surface area contributed by atoms with Crippen molar-refractivity contribution in [3.8, 4) is 28.3 Å². The summed E-state index contributed by atoms with van der Waals surface area (Å²) in [7, 11) is 7.22. The Morgan fingerprint density at radius 2 is 1.97 bits per heavy atom. The fourth-order valence-electron chi connectivity index (χ4n) is 3.39. The molecule has 0 aromatic carbocycles. The van der Waals surface area contributed by atoms with E-state index in [1.54, 1.807) is 24.4 Å². The number of carbonyl (C=O) groups is 1. The highest BCUT2D eigenvalue weighted by Crippen LogP contribution is 2.32. The zero-order chi connectivity index (χ0) is 24.1. The normalized spacial score (nSPS) is 11.3. The summed E-state index contributed by atoms with van der Waals surface area (Å²) in [6, 6.07) is 7.49. The van der Waals surface area contributed by atoms with Crippen LogP contribution in [0.1, 0.15) is 0 Å². The first-order chi connectivity index (χ1) is 16.5. The Balaban J connectivity index is 1.69. The molecule has 0 spiro atoms. The van der Waals surface area contributed by atoms with Gasteiger partial charge in [-0.2, -0.15) is 4.98 Å². The van der Waals surface area contributed by atoms with E-state index in [-0.39, 0.29) is 5.91 Å². The summed E-state index contributed by atoms with van der Waals surface area (Å²) in [6.45, 7) is 0.664. The molecule has 0 bridgehead atoms. The molecule has 10 nitrogen and oxygen atoms in total. The molecule has 0 aliphatic carbocycles. The third-order valence-electron chi connectivity index (χ3n) is 5.07. The van der Waals surface area contributed by atoms with Crippen LogP contribution in [0.5, 0.6) is 5.88 Å². The van der Waals surface area contributed by atoms with Crippen molar-refractivity contribution in [3.05, 3.63) is 55.1 Å². The van der Waals surface area contributed by atoms with E-state index in [0.717, 1.165) is 39.2 Å². The van der Waals surface area contributed by atoms with Crippen LogP contribution in [0.3, 0.4) is 0 Å². The fraction of sp³-hybridized carbons (Fsp3) is 0.208. The van der Waals surface area contributed by atoms with E-state index in [1.165, 1.54) is 19.5 Å². The van der Waals surface area contributed by atoms with Gasteiger partial charge in [0, 0.05) is 60.7 Å². The molecule has 0 aliphatic heterocycles. The Morgan fingerprint density at radius 1 is 1.12 bits per heavy atom. The minimum atomic E-state index is -0.265. The molecular weight excluding hydrogens is 432 g/mol. The van der Waals surface area contributed by atoms with Gasteiger partial charge in [-0.25, -0.2) is 15.0 Å². The number of aromatic nitrogens is 5. The summed E-state index contributed by atoms with van der Waals surface area (Å²) in [5, 5.41) is 6.73. The van der Waals surface area contributed by atoms with Crippen molar-refractivity contribution in [2.75, 3.05) is 45.4 Å². The van der Waals surface area contributed by atoms with Crippen LogP contribution < -0.4 is 15.4 Å². The number of nitrogens with zero attached hydrogens (tertiary/aromatic N) is 5. The highest BCUT2D eigenvalue weighted by molar-refractivity contribution is 5.99. The second kappa shape index (κ2) is 10.1. The molecule has 174 valence electrons. The molecule has 0 unspecified atom stereocenters. The molecular formula is C24H26N8O2. The summed E-state index contributed by atoms with van der Waals surface area (Å²) in [5.74, 6) is 1.23. The largest absolute Gasteiger partial charge is 0.481 e. The zero-order valence-corrected chi connectivity index (χ0v) is 19.5. The van der Waals surface area contributed by atoms with Crippen LogP contribution in [0.15, 0.2) is 55.1 Å². The Labute approximate surface area is 197 Å². The van der Waals surface area contributed by atoms with Crippen molar-refractivity contribution in [2.45, 2.75) is 0 Å². The van der Waals surface area contributed by atoms with Gasteiger partial charge in [0.15, 0.2) is 0 Å². The number of aromatic amines is 1. The van der Waals surface area contributed by atoms with E-state index in [1.807, 2.05) is 44.4 Å². The summed E-state index contributed by atoms with van der Waals surface area (Å²) in [4.78, 5) is 35.0. The molecule has 4 aromatic rings. The zero-order valence-electron chi connectivity index (χ0n) is 19.5. The van der Waals surface area contributed by atoms with Gasteiger partial charge < -0.3 is 25.3 Å². The summed E-state index contributed by atoms with van der Waals surface area (Å²) >= 11 is 0. The third-order valence-corrected chi connectivity index (χ3v) is 5.07. The van der Waals surface area contributed by atoms with Crippen LogP contribution in [-0.4, -0.2) is 70.5 Å². The van der Waals surface area contributed by atoms with Gasteiger partial charge in [-0.05, 0) is 31.8 Å². The van der Waals surface area contributed by atoms with Crippen LogP contribution in [0.4, 0.5) is 11.6 Å². The predicted molar refractivity (Wildman–Crippen MR) is 133 cm³/mol. The van der Waals surface area contributed by atoms with Crippen molar-refractivity contribution in [3.63, 3.8) is 0 Å². The summed E-state index contributed by atoms with van der Waals surface area (Å²) < 4.78 is 5.36. The van der Waals surface area contributed by atoms with Crippen LogP contribution in [0, 0.1) is 0 Å². The van der Waals surface area contributed by atoms with Gasteiger partial charge in [0.05, 0.1) is 12.8 Å². The number of H-pyrrole nitrogens is 1. The molecule has 0 saturated carbocycles. The predicted octanol–water partition coefficient (Wildman–Crippen LogP) is 3.19. The third kappa shape index (κ3) is 5.18. The van der Waals surface area contributed by atoms with Gasteiger partial charge >= 0.3 is 0 Å². The molecule has 4 rings (SSSR count). The van der Waals surface area contributed by atoms with Gasteiger partial charge in [-0.3, -0.25) is 4.79 Å². The quantitative estimate of drug-likeness (QED) is 0.344. The Hall–Kier alpha value is -4.31. The minimum Gasteiger partial charge on any atom is -0.481 e. The Morgan fingerprint density at radius 3 is 2.74 bits per heavy atom. The first kappa shape index (κ1) is 22.9. The van der Waals surface area contributed by atoms with E-state index in [4.69, 9.17) is 4.74 Å². The van der Waals surface area contributed by atoms with Crippen molar-refractivity contribution in [1.29, 1.82) is 0 Å². The van der Waals surface area contributed by atoms with Crippen LogP contribution in [-0.2, 0) is 4.79 Å². The van der Waals surface area contributed by atoms with E-state index in [9.17, 15) is 4.79 Å². The average molecular weight is 459 g/mol. The SMILES string of the molecule is CNc1cc(-c2c[nH]c3ncc(-c4cc(NC(=O)/C=C/CN(C)C)nc(OC)c4)cc23)ncn1. The van der Waals surface area contributed by atoms with Crippen molar-refractivity contribution < 1.29 is 9.53 Å². The molecule has 0 atom stereocenters. The van der Waals surface area contributed by atoms with Gasteiger partial charge in [-0.15, -0.1) is 0 Å². The molecule has 34 heavy (non-hydrogen) atoms. The number of likely N-dealkylation sites (N-methyl/N-ethyl adjacent to an activating group) is 1. The maximum absolute atomic E-state index is 12.3. The molecule has 4 heterocycles. The van der Waals surface area contributed by atoms with Crippen LogP contribution in [0.2, 0.25) is 0 Å². The smallest absolute Gasteiger partial charge is 0.249 e.